The topological polar surface area (TPSA) is 102 Å². The predicted molar refractivity (Wildman–Crippen MR) is 159 cm³/mol. The monoisotopic (exact) mass is 646 g/mol. The van der Waals surface area contributed by atoms with Crippen molar-refractivity contribution in [3.63, 3.8) is 0 Å². The van der Waals surface area contributed by atoms with Crippen molar-refractivity contribution < 1.29 is 19.1 Å². The van der Waals surface area contributed by atoms with Gasteiger partial charge in [-0.2, -0.15) is 5.10 Å². The van der Waals surface area contributed by atoms with Crippen LogP contribution in [-0.2, 0) is 4.79 Å². The quantitative estimate of drug-likeness (QED) is 0.151. The van der Waals surface area contributed by atoms with E-state index in [9.17, 15) is 9.59 Å². The molecule has 0 radical (unpaired) electrons. The number of aryl methyl sites for hydroxylation is 1. The van der Waals surface area contributed by atoms with E-state index in [-0.39, 0.29) is 12.5 Å². The highest BCUT2D eigenvalue weighted by Gasteiger charge is 2.14. The predicted octanol–water partition coefficient (Wildman–Crippen LogP) is 6.98. The molecule has 1 aromatic heterocycles. The van der Waals surface area contributed by atoms with E-state index in [1.165, 1.54) is 13.3 Å². The molecular weight excluding hydrogens is 627 g/mol. The number of halogens is 3. The lowest BCUT2D eigenvalue weighted by Gasteiger charge is -2.13. The maximum atomic E-state index is 12.5. The van der Waals surface area contributed by atoms with E-state index >= 15 is 0 Å². The van der Waals surface area contributed by atoms with Crippen molar-refractivity contribution in [3.05, 3.63) is 90.6 Å². The number of hydrogen-bond donors (Lipinski definition) is 2. The molecule has 0 aliphatic heterocycles. The van der Waals surface area contributed by atoms with Crippen LogP contribution in [0.5, 0.6) is 11.5 Å². The smallest absolute Gasteiger partial charge is 0.271 e. The molecule has 12 heteroatoms. The molecule has 2 amide bonds. The molecule has 0 bridgehead atoms. The molecule has 2 N–H and O–H groups in total. The molecule has 4 aromatic rings. The number of amides is 2. The summed E-state index contributed by atoms with van der Waals surface area (Å²) < 4.78 is 11.6. The van der Waals surface area contributed by atoms with Crippen molar-refractivity contribution in [1.82, 2.24) is 10.4 Å². The third kappa shape index (κ3) is 7.57. The number of nitrogens with one attached hydrogen (secondary N) is 2. The van der Waals surface area contributed by atoms with Gasteiger partial charge < -0.3 is 14.8 Å². The first kappa shape index (κ1) is 28.6. The van der Waals surface area contributed by atoms with Gasteiger partial charge in [0, 0.05) is 22.2 Å². The zero-order valence-electron chi connectivity index (χ0n) is 20.6. The van der Waals surface area contributed by atoms with E-state index in [4.69, 9.17) is 32.7 Å². The zero-order valence-corrected chi connectivity index (χ0v) is 24.5. The summed E-state index contributed by atoms with van der Waals surface area (Å²) in [5.41, 5.74) is 5.90. The number of benzene rings is 3. The Morgan fingerprint density at radius 1 is 1.10 bits per heavy atom. The van der Waals surface area contributed by atoms with E-state index in [0.29, 0.717) is 42.8 Å². The molecule has 39 heavy (non-hydrogen) atoms. The molecule has 3 aromatic carbocycles. The zero-order chi connectivity index (χ0) is 27.9. The van der Waals surface area contributed by atoms with Crippen LogP contribution in [0, 0.1) is 6.92 Å². The second-order valence-electron chi connectivity index (χ2n) is 8.03. The second kappa shape index (κ2) is 13.1. The van der Waals surface area contributed by atoms with Gasteiger partial charge in [-0.05, 0) is 70.9 Å². The maximum absolute atomic E-state index is 12.5. The number of methoxy groups -OCH3 is 1. The lowest BCUT2D eigenvalue weighted by Crippen LogP contribution is -2.20. The molecule has 0 saturated carbocycles. The first-order valence-electron chi connectivity index (χ1n) is 11.3. The van der Waals surface area contributed by atoms with Gasteiger partial charge in [0.25, 0.3) is 11.8 Å². The fourth-order valence-electron chi connectivity index (χ4n) is 3.38. The number of ether oxygens (including phenoxy) is 2. The van der Waals surface area contributed by atoms with Gasteiger partial charge in [-0.3, -0.25) is 9.59 Å². The number of rotatable bonds is 9. The van der Waals surface area contributed by atoms with Crippen molar-refractivity contribution in [2.24, 2.45) is 5.10 Å². The fraction of sp³-hybridized carbons (Fsp3) is 0.111. The summed E-state index contributed by atoms with van der Waals surface area (Å²) in [5, 5.41) is 10.4. The number of aromatic nitrogens is 1. The summed E-state index contributed by atoms with van der Waals surface area (Å²) in [4.78, 5) is 29.3. The Bertz CT molecular complexity index is 1540. The number of hydrazone groups is 1. The molecular formula is C27H21BrCl2N4O4S. The van der Waals surface area contributed by atoms with Crippen LogP contribution in [0.4, 0.5) is 5.69 Å². The molecule has 4 rings (SSSR count). The summed E-state index contributed by atoms with van der Waals surface area (Å²) in [6.45, 7) is 1.67. The van der Waals surface area contributed by atoms with Crippen molar-refractivity contribution >= 4 is 74.2 Å². The maximum Gasteiger partial charge on any atom is 0.271 e. The lowest BCUT2D eigenvalue weighted by atomic mass is 10.1. The Labute approximate surface area is 247 Å². The molecule has 0 aliphatic rings. The van der Waals surface area contributed by atoms with Gasteiger partial charge in [-0.15, -0.1) is 11.3 Å². The van der Waals surface area contributed by atoms with E-state index in [1.54, 1.807) is 53.8 Å². The van der Waals surface area contributed by atoms with Gasteiger partial charge in [0.05, 0.1) is 38.5 Å². The van der Waals surface area contributed by atoms with Gasteiger partial charge in [0.1, 0.15) is 0 Å². The molecule has 0 spiro atoms. The number of anilines is 1. The first-order chi connectivity index (χ1) is 18.7. The van der Waals surface area contributed by atoms with Gasteiger partial charge in [-0.25, -0.2) is 10.4 Å². The summed E-state index contributed by atoms with van der Waals surface area (Å²) in [7, 11) is 1.48. The standard InChI is InChI=1S/C27H21BrCl2N4O4S/c1-15-32-23(14-39-15)17-3-5-18(6-4-17)27(36)34-31-12-16-9-20(28)26(24(10-16)37-2)38-13-25(35)33-19-7-8-21(29)22(30)11-19/h3-12,14H,13H2,1-2H3,(H,33,35)(H,34,36)/b31-12+. The van der Waals surface area contributed by atoms with Crippen LogP contribution in [0.15, 0.2) is 69.6 Å². The number of hydrogen-bond acceptors (Lipinski definition) is 7. The summed E-state index contributed by atoms with van der Waals surface area (Å²) in [6, 6.07) is 15.3. The normalized spacial score (nSPS) is 10.9. The minimum atomic E-state index is -0.398. The molecule has 0 unspecified atom stereocenters. The molecule has 0 fully saturated rings. The number of carbonyl (C=O) groups excluding carboxylic acids is 2. The van der Waals surface area contributed by atoms with Crippen LogP contribution >= 0.6 is 50.5 Å². The summed E-state index contributed by atoms with van der Waals surface area (Å²) >= 11 is 16.9. The van der Waals surface area contributed by atoms with Crippen LogP contribution < -0.4 is 20.2 Å². The third-order valence-electron chi connectivity index (χ3n) is 5.24. The summed E-state index contributed by atoms with van der Waals surface area (Å²) in [6.07, 6.45) is 1.47. The van der Waals surface area contributed by atoms with Crippen LogP contribution in [0.1, 0.15) is 20.9 Å². The largest absolute Gasteiger partial charge is 0.493 e. The van der Waals surface area contributed by atoms with Gasteiger partial charge >= 0.3 is 0 Å². The Balaban J connectivity index is 1.35. The van der Waals surface area contributed by atoms with E-state index in [1.807, 2.05) is 24.4 Å². The van der Waals surface area contributed by atoms with E-state index < -0.39 is 5.91 Å². The molecule has 200 valence electrons. The Kier molecular flexibility index (Phi) is 9.58. The summed E-state index contributed by atoms with van der Waals surface area (Å²) in [5.74, 6) is -0.0534. The first-order valence-corrected chi connectivity index (χ1v) is 13.8. The van der Waals surface area contributed by atoms with Crippen molar-refractivity contribution in [2.45, 2.75) is 6.92 Å². The van der Waals surface area contributed by atoms with Crippen LogP contribution in [-0.4, -0.2) is 36.7 Å². The van der Waals surface area contributed by atoms with Crippen molar-refractivity contribution in [2.75, 3.05) is 19.0 Å². The Morgan fingerprint density at radius 3 is 2.54 bits per heavy atom. The fourth-order valence-corrected chi connectivity index (χ4v) is 4.88. The lowest BCUT2D eigenvalue weighted by molar-refractivity contribution is -0.118. The van der Waals surface area contributed by atoms with Crippen LogP contribution in [0.3, 0.4) is 0 Å². The number of carbonyl (C=O) groups is 2. The number of thiazole rings is 1. The SMILES string of the molecule is COc1cc(/C=N/NC(=O)c2ccc(-c3csc(C)n3)cc2)cc(Br)c1OCC(=O)Nc1ccc(Cl)c(Cl)c1. The third-order valence-corrected chi connectivity index (χ3v) is 7.35. The van der Waals surface area contributed by atoms with Crippen molar-refractivity contribution in [3.8, 4) is 22.8 Å². The molecule has 0 saturated heterocycles. The Hall–Kier alpha value is -3.44. The van der Waals surface area contributed by atoms with Gasteiger partial charge in [-0.1, -0.05) is 35.3 Å². The minimum absolute atomic E-state index is 0.278. The molecule has 1 heterocycles. The van der Waals surface area contributed by atoms with E-state index in [2.05, 4.69) is 36.8 Å². The van der Waals surface area contributed by atoms with Crippen LogP contribution in [0.25, 0.3) is 11.3 Å². The second-order valence-corrected chi connectivity index (χ2v) is 10.8. The highest BCUT2D eigenvalue weighted by atomic mass is 79.9. The molecule has 0 atom stereocenters. The van der Waals surface area contributed by atoms with Crippen LogP contribution in [0.2, 0.25) is 10.0 Å². The minimum Gasteiger partial charge on any atom is -0.493 e. The molecule has 0 aliphatic carbocycles. The average molecular weight is 648 g/mol. The average Bonchev–Trinajstić information content (AvgIpc) is 3.36. The molecule has 8 nitrogen and oxygen atoms in total. The highest BCUT2D eigenvalue weighted by molar-refractivity contribution is 9.10. The number of nitrogens with zero attached hydrogens (tertiary/aromatic N) is 2. The van der Waals surface area contributed by atoms with Crippen molar-refractivity contribution in [1.29, 1.82) is 0 Å². The Morgan fingerprint density at radius 2 is 1.87 bits per heavy atom. The van der Waals surface area contributed by atoms with Gasteiger partial charge in [0.2, 0.25) is 0 Å². The van der Waals surface area contributed by atoms with Gasteiger partial charge in [0.15, 0.2) is 18.1 Å². The highest BCUT2D eigenvalue weighted by Crippen LogP contribution is 2.36. The van der Waals surface area contributed by atoms with E-state index in [0.717, 1.165) is 16.3 Å².